The van der Waals surface area contributed by atoms with Gasteiger partial charge in [-0.1, -0.05) is 12.1 Å². The number of imidazole rings is 1. The summed E-state index contributed by atoms with van der Waals surface area (Å²) in [5.74, 6) is 0.0191. The molecule has 0 aliphatic carbocycles. The minimum atomic E-state index is -0.792. The largest absolute Gasteiger partial charge is 0.337 e. The van der Waals surface area contributed by atoms with Crippen LogP contribution in [-0.4, -0.2) is 14.5 Å². The van der Waals surface area contributed by atoms with Crippen LogP contribution in [0, 0.1) is 15.9 Å². The van der Waals surface area contributed by atoms with Crippen molar-refractivity contribution in [1.29, 1.82) is 0 Å². The molecule has 2 aromatic rings. The van der Waals surface area contributed by atoms with Crippen LogP contribution in [0.5, 0.6) is 0 Å². The second-order valence-corrected chi connectivity index (χ2v) is 4.07. The average Bonchev–Trinajstić information content (AvgIpc) is 2.77. The lowest BCUT2D eigenvalue weighted by Crippen LogP contribution is -2.16. The first kappa shape index (κ1) is 13.2. The smallest absolute Gasteiger partial charge is 0.305 e. The Morgan fingerprint density at radius 1 is 1.47 bits per heavy atom. The standard InChI is InChI=1S/C12H13FN4O2/c1-16-6-5-15-11(16)8-14-7-9-3-2-4-10(12(9)13)17(18)19/h2-6,14H,7-8H2,1H3. The average molecular weight is 264 g/mol. The van der Waals surface area contributed by atoms with Crippen LogP contribution in [0.4, 0.5) is 10.1 Å². The summed E-state index contributed by atoms with van der Waals surface area (Å²) < 4.78 is 15.6. The van der Waals surface area contributed by atoms with Gasteiger partial charge in [-0.3, -0.25) is 10.1 Å². The number of halogens is 1. The number of nitro benzene ring substituents is 1. The highest BCUT2D eigenvalue weighted by Crippen LogP contribution is 2.19. The lowest BCUT2D eigenvalue weighted by molar-refractivity contribution is -0.387. The topological polar surface area (TPSA) is 73.0 Å². The third-order valence-corrected chi connectivity index (χ3v) is 2.77. The second-order valence-electron chi connectivity index (χ2n) is 4.07. The minimum absolute atomic E-state index is 0.209. The molecule has 1 aromatic heterocycles. The molecule has 0 saturated carbocycles. The maximum absolute atomic E-state index is 13.8. The minimum Gasteiger partial charge on any atom is -0.337 e. The van der Waals surface area contributed by atoms with Crippen molar-refractivity contribution in [2.24, 2.45) is 7.05 Å². The van der Waals surface area contributed by atoms with Gasteiger partial charge in [-0.2, -0.15) is 4.39 Å². The van der Waals surface area contributed by atoms with Crippen molar-refractivity contribution < 1.29 is 9.31 Å². The number of hydrogen-bond acceptors (Lipinski definition) is 4. The van der Waals surface area contributed by atoms with E-state index in [4.69, 9.17) is 0 Å². The van der Waals surface area contributed by atoms with Crippen molar-refractivity contribution >= 4 is 5.69 Å². The van der Waals surface area contributed by atoms with E-state index in [2.05, 4.69) is 10.3 Å². The zero-order valence-electron chi connectivity index (χ0n) is 10.3. The van der Waals surface area contributed by atoms with E-state index in [1.165, 1.54) is 12.1 Å². The fourth-order valence-electron chi connectivity index (χ4n) is 1.72. The highest BCUT2D eigenvalue weighted by molar-refractivity contribution is 5.36. The Morgan fingerprint density at radius 2 is 2.26 bits per heavy atom. The zero-order valence-corrected chi connectivity index (χ0v) is 10.3. The molecule has 19 heavy (non-hydrogen) atoms. The Hall–Kier alpha value is -2.28. The molecule has 0 fully saturated rings. The van der Waals surface area contributed by atoms with Crippen molar-refractivity contribution in [3.05, 3.63) is 57.9 Å². The fraction of sp³-hybridized carbons (Fsp3) is 0.250. The molecule has 7 heteroatoms. The van der Waals surface area contributed by atoms with Gasteiger partial charge in [0.05, 0.1) is 11.5 Å². The quantitative estimate of drug-likeness (QED) is 0.659. The van der Waals surface area contributed by atoms with Crippen molar-refractivity contribution in [2.45, 2.75) is 13.1 Å². The first-order chi connectivity index (χ1) is 9.09. The Bertz CT molecular complexity index is 597. The van der Waals surface area contributed by atoms with Gasteiger partial charge in [0.25, 0.3) is 0 Å². The van der Waals surface area contributed by atoms with Gasteiger partial charge in [-0.05, 0) is 0 Å². The SMILES string of the molecule is Cn1ccnc1CNCc1cccc([N+](=O)[O-])c1F. The molecule has 6 nitrogen and oxygen atoms in total. The third kappa shape index (κ3) is 2.94. The van der Waals surface area contributed by atoms with Crippen LogP contribution < -0.4 is 5.32 Å². The predicted molar refractivity (Wildman–Crippen MR) is 66.8 cm³/mol. The van der Waals surface area contributed by atoms with E-state index in [9.17, 15) is 14.5 Å². The summed E-state index contributed by atoms with van der Waals surface area (Å²) in [6.45, 7) is 0.673. The molecule has 0 aliphatic rings. The van der Waals surface area contributed by atoms with E-state index in [-0.39, 0.29) is 12.1 Å². The molecule has 2 rings (SSSR count). The summed E-state index contributed by atoms with van der Waals surface area (Å²) >= 11 is 0. The monoisotopic (exact) mass is 264 g/mol. The number of hydrogen-bond donors (Lipinski definition) is 1. The van der Waals surface area contributed by atoms with E-state index in [1.54, 1.807) is 6.20 Å². The van der Waals surface area contributed by atoms with Crippen LogP contribution >= 0.6 is 0 Å². The van der Waals surface area contributed by atoms with E-state index in [0.717, 1.165) is 11.9 Å². The molecule has 0 atom stereocenters. The number of aromatic nitrogens is 2. The zero-order chi connectivity index (χ0) is 13.8. The molecule has 1 N–H and O–H groups in total. The Labute approximate surface area is 109 Å². The molecule has 0 radical (unpaired) electrons. The summed E-state index contributed by atoms with van der Waals surface area (Å²) in [4.78, 5) is 14.0. The van der Waals surface area contributed by atoms with Crippen LogP contribution in [0.1, 0.15) is 11.4 Å². The van der Waals surface area contributed by atoms with E-state index in [0.29, 0.717) is 6.54 Å². The molecular weight excluding hydrogens is 251 g/mol. The molecule has 1 aromatic carbocycles. The fourth-order valence-corrected chi connectivity index (χ4v) is 1.72. The number of aryl methyl sites for hydroxylation is 1. The van der Waals surface area contributed by atoms with E-state index >= 15 is 0 Å². The number of nitro groups is 1. The highest BCUT2D eigenvalue weighted by atomic mass is 19.1. The second kappa shape index (κ2) is 5.57. The van der Waals surface area contributed by atoms with Crippen LogP contribution in [0.3, 0.4) is 0 Å². The van der Waals surface area contributed by atoms with Crippen LogP contribution in [0.15, 0.2) is 30.6 Å². The van der Waals surface area contributed by atoms with Crippen molar-refractivity contribution in [2.75, 3.05) is 0 Å². The lowest BCUT2D eigenvalue weighted by Gasteiger charge is -2.06. The third-order valence-electron chi connectivity index (χ3n) is 2.77. The van der Waals surface area contributed by atoms with Gasteiger partial charge >= 0.3 is 5.69 Å². The molecule has 0 unspecified atom stereocenters. The molecule has 0 amide bonds. The van der Waals surface area contributed by atoms with Gasteiger partial charge < -0.3 is 9.88 Å². The van der Waals surface area contributed by atoms with Gasteiger partial charge in [0.2, 0.25) is 5.82 Å². The predicted octanol–water partition coefficient (Wildman–Crippen LogP) is 1.76. The van der Waals surface area contributed by atoms with Crippen LogP contribution in [0.2, 0.25) is 0 Å². The first-order valence-corrected chi connectivity index (χ1v) is 5.68. The molecule has 100 valence electrons. The van der Waals surface area contributed by atoms with Gasteiger partial charge in [0.15, 0.2) is 0 Å². The summed E-state index contributed by atoms with van der Waals surface area (Å²) in [7, 11) is 1.86. The van der Waals surface area contributed by atoms with Crippen molar-refractivity contribution in [3.63, 3.8) is 0 Å². The Kier molecular flexibility index (Phi) is 3.86. The van der Waals surface area contributed by atoms with E-state index in [1.807, 2.05) is 17.8 Å². The lowest BCUT2D eigenvalue weighted by atomic mass is 10.2. The van der Waals surface area contributed by atoms with E-state index < -0.39 is 16.4 Å². The summed E-state index contributed by atoms with van der Waals surface area (Å²) in [5, 5.41) is 13.6. The maximum Gasteiger partial charge on any atom is 0.305 e. The molecule has 1 heterocycles. The molecule has 0 saturated heterocycles. The molecule has 0 bridgehead atoms. The van der Waals surface area contributed by atoms with Gasteiger partial charge in [0.1, 0.15) is 5.82 Å². The summed E-state index contributed by atoms with van der Waals surface area (Å²) in [6, 6.07) is 4.14. The summed E-state index contributed by atoms with van der Waals surface area (Å²) in [5.41, 5.74) is -0.236. The molecule has 0 aliphatic heterocycles. The number of nitrogens with zero attached hydrogens (tertiary/aromatic N) is 3. The molecule has 0 spiro atoms. The summed E-state index contributed by atoms with van der Waals surface area (Å²) in [6.07, 6.45) is 3.48. The van der Waals surface area contributed by atoms with Crippen molar-refractivity contribution in [1.82, 2.24) is 14.9 Å². The number of rotatable bonds is 5. The number of nitrogens with one attached hydrogen (secondary N) is 1. The van der Waals surface area contributed by atoms with Gasteiger partial charge in [-0.25, -0.2) is 4.98 Å². The Balaban J connectivity index is 2.02. The highest BCUT2D eigenvalue weighted by Gasteiger charge is 2.16. The normalized spacial score (nSPS) is 10.6. The van der Waals surface area contributed by atoms with Crippen molar-refractivity contribution in [3.8, 4) is 0 Å². The first-order valence-electron chi connectivity index (χ1n) is 5.68. The maximum atomic E-state index is 13.8. The number of benzene rings is 1. The molecular formula is C12H13FN4O2. The Morgan fingerprint density at radius 3 is 2.89 bits per heavy atom. The van der Waals surface area contributed by atoms with Crippen LogP contribution in [-0.2, 0) is 20.1 Å². The van der Waals surface area contributed by atoms with Gasteiger partial charge in [-0.15, -0.1) is 0 Å². The van der Waals surface area contributed by atoms with Crippen LogP contribution in [0.25, 0.3) is 0 Å². The van der Waals surface area contributed by atoms with Gasteiger partial charge in [0, 0.05) is 37.6 Å².